The number of dihydropyridines is 1. The lowest BCUT2D eigenvalue weighted by molar-refractivity contribution is 0.424. The summed E-state index contributed by atoms with van der Waals surface area (Å²) in [5.41, 5.74) is 2.47. The molecule has 0 amide bonds. The minimum absolute atomic E-state index is 0.229. The van der Waals surface area contributed by atoms with E-state index in [1.165, 1.54) is 0 Å². The highest BCUT2D eigenvalue weighted by Crippen LogP contribution is 2.32. The van der Waals surface area contributed by atoms with Crippen LogP contribution in [0.4, 0.5) is 0 Å². The van der Waals surface area contributed by atoms with Gasteiger partial charge in [0.05, 0.1) is 10.8 Å². The Hall–Kier alpha value is -1.81. The molecule has 17 heavy (non-hydrogen) atoms. The van der Waals surface area contributed by atoms with Crippen molar-refractivity contribution in [2.75, 3.05) is 6.54 Å². The normalized spacial score (nSPS) is 22.7. The van der Waals surface area contributed by atoms with E-state index < -0.39 is 10.8 Å². The molecule has 2 N–H and O–H groups in total. The monoisotopic (exact) mass is 245 g/mol. The molecule has 1 aromatic rings. The van der Waals surface area contributed by atoms with Gasteiger partial charge in [-0.05, 0) is 11.6 Å². The van der Waals surface area contributed by atoms with Crippen molar-refractivity contribution in [3.63, 3.8) is 0 Å². The number of hydrogen-bond donors (Lipinski definition) is 2. The number of allylic oxidation sites excluding steroid dienone is 1. The molecule has 0 spiro atoms. The minimum atomic E-state index is -1.14. The van der Waals surface area contributed by atoms with Crippen LogP contribution < -0.4 is 5.32 Å². The van der Waals surface area contributed by atoms with Gasteiger partial charge in [-0.3, -0.25) is 0 Å². The van der Waals surface area contributed by atoms with Crippen LogP contribution >= 0.6 is 0 Å². The lowest BCUT2D eigenvalue weighted by Gasteiger charge is -2.19. The number of rotatable bonds is 1. The summed E-state index contributed by atoms with van der Waals surface area (Å²) in [5.74, 6) is 0.229. The molecule has 86 valence electrons. The summed E-state index contributed by atoms with van der Waals surface area (Å²) in [4.78, 5) is 0. The number of hydrogen-bond acceptors (Lipinski definition) is 3. The molecule has 0 aliphatic carbocycles. The Labute approximate surface area is 102 Å². The summed E-state index contributed by atoms with van der Waals surface area (Å²) in [6.45, 7) is 0.502. The molecule has 0 radical (unpaired) electrons. The van der Waals surface area contributed by atoms with Crippen molar-refractivity contribution in [3.05, 3.63) is 63.7 Å². The Bertz CT molecular complexity index is 585. The van der Waals surface area contributed by atoms with Gasteiger partial charge in [0.25, 0.3) is 0 Å². The maximum atomic E-state index is 11.6. The van der Waals surface area contributed by atoms with Crippen molar-refractivity contribution >= 4 is 16.4 Å². The van der Waals surface area contributed by atoms with Crippen LogP contribution in [0.15, 0.2) is 58.2 Å². The molecular weight excluding hydrogens is 234 g/mol. The van der Waals surface area contributed by atoms with E-state index in [1.54, 1.807) is 11.5 Å². The SMILES string of the molecule is O=S1C=CC2=C1NCC(c1ccccc1)=C2O. The molecule has 4 heteroatoms. The van der Waals surface area contributed by atoms with Gasteiger partial charge < -0.3 is 10.4 Å². The molecule has 1 atom stereocenters. The molecule has 0 bridgehead atoms. The van der Waals surface area contributed by atoms with Crippen LogP contribution in [0.2, 0.25) is 0 Å². The summed E-state index contributed by atoms with van der Waals surface area (Å²) in [6.07, 6.45) is 1.70. The average molecular weight is 245 g/mol. The molecule has 0 fully saturated rings. The predicted molar refractivity (Wildman–Crippen MR) is 68.3 cm³/mol. The molecule has 2 heterocycles. The highest BCUT2D eigenvalue weighted by Gasteiger charge is 2.26. The first-order valence-corrected chi connectivity index (χ1v) is 6.53. The summed E-state index contributed by atoms with van der Waals surface area (Å²) in [7, 11) is -1.14. The van der Waals surface area contributed by atoms with Gasteiger partial charge in [-0.15, -0.1) is 0 Å². The van der Waals surface area contributed by atoms with Gasteiger partial charge in [0, 0.05) is 23.1 Å². The van der Waals surface area contributed by atoms with E-state index in [9.17, 15) is 9.32 Å². The lowest BCUT2D eigenvalue weighted by atomic mass is 9.99. The van der Waals surface area contributed by atoms with E-state index in [-0.39, 0.29) is 5.76 Å². The van der Waals surface area contributed by atoms with Crippen molar-refractivity contribution in [1.82, 2.24) is 5.32 Å². The molecule has 0 saturated carbocycles. The van der Waals surface area contributed by atoms with Crippen molar-refractivity contribution in [3.8, 4) is 0 Å². The highest BCUT2D eigenvalue weighted by atomic mass is 32.2. The average Bonchev–Trinajstić information content (AvgIpc) is 2.74. The highest BCUT2D eigenvalue weighted by molar-refractivity contribution is 7.92. The van der Waals surface area contributed by atoms with Crippen molar-refractivity contribution in [2.45, 2.75) is 0 Å². The maximum Gasteiger partial charge on any atom is 0.131 e. The Balaban J connectivity index is 2.11. The Morgan fingerprint density at radius 3 is 2.76 bits per heavy atom. The molecule has 3 rings (SSSR count). The Morgan fingerprint density at radius 2 is 2.00 bits per heavy atom. The number of aliphatic hydroxyl groups excluding tert-OH is 1. The number of benzene rings is 1. The predicted octanol–water partition coefficient (Wildman–Crippen LogP) is 2.05. The molecule has 3 nitrogen and oxygen atoms in total. The van der Waals surface area contributed by atoms with Crippen molar-refractivity contribution in [2.24, 2.45) is 0 Å². The quantitative estimate of drug-likeness (QED) is 0.796. The molecular formula is C13H11NO2S. The van der Waals surface area contributed by atoms with E-state index in [0.717, 1.165) is 11.1 Å². The molecule has 1 aromatic carbocycles. The standard InChI is InChI=1S/C13H11NO2S/c15-12-10-6-7-17(16)13(10)14-8-11(12)9-4-2-1-3-5-9/h1-7,14-15H,8H2. The fourth-order valence-electron chi connectivity index (χ4n) is 2.03. The first-order valence-electron chi connectivity index (χ1n) is 5.32. The van der Waals surface area contributed by atoms with E-state index in [1.807, 2.05) is 30.3 Å². The third kappa shape index (κ3) is 1.61. The minimum Gasteiger partial charge on any atom is -0.507 e. The van der Waals surface area contributed by atoms with Crippen LogP contribution in [0.3, 0.4) is 0 Å². The van der Waals surface area contributed by atoms with Crippen molar-refractivity contribution < 1.29 is 9.32 Å². The Morgan fingerprint density at radius 1 is 1.24 bits per heavy atom. The molecule has 2 aliphatic heterocycles. The van der Waals surface area contributed by atoms with Gasteiger partial charge in [0.2, 0.25) is 0 Å². The number of aliphatic hydroxyl groups is 1. The number of nitrogens with one attached hydrogen (secondary N) is 1. The molecule has 0 saturated heterocycles. The van der Waals surface area contributed by atoms with E-state index in [2.05, 4.69) is 5.32 Å². The van der Waals surface area contributed by atoms with Crippen LogP contribution in [0.1, 0.15) is 5.56 Å². The van der Waals surface area contributed by atoms with Gasteiger partial charge in [-0.25, -0.2) is 4.21 Å². The largest absolute Gasteiger partial charge is 0.507 e. The zero-order valence-electron chi connectivity index (χ0n) is 9.01. The second-order valence-electron chi connectivity index (χ2n) is 3.89. The third-order valence-corrected chi connectivity index (χ3v) is 4.04. The Kier molecular flexibility index (Phi) is 2.37. The molecule has 0 aromatic heterocycles. The molecule has 1 unspecified atom stereocenters. The zero-order valence-corrected chi connectivity index (χ0v) is 9.83. The topological polar surface area (TPSA) is 49.3 Å². The van der Waals surface area contributed by atoms with Crippen molar-refractivity contribution in [1.29, 1.82) is 0 Å². The summed E-state index contributed by atoms with van der Waals surface area (Å²) >= 11 is 0. The van der Waals surface area contributed by atoms with E-state index in [0.29, 0.717) is 17.1 Å². The van der Waals surface area contributed by atoms with E-state index in [4.69, 9.17) is 0 Å². The lowest BCUT2D eigenvalue weighted by Crippen LogP contribution is -2.24. The second-order valence-corrected chi connectivity index (χ2v) is 5.16. The van der Waals surface area contributed by atoms with Gasteiger partial charge in [-0.1, -0.05) is 30.3 Å². The maximum absolute atomic E-state index is 11.6. The van der Waals surface area contributed by atoms with Gasteiger partial charge in [0.1, 0.15) is 10.8 Å². The smallest absolute Gasteiger partial charge is 0.131 e. The fourth-order valence-corrected chi connectivity index (χ4v) is 3.02. The van der Waals surface area contributed by atoms with Gasteiger partial charge in [0.15, 0.2) is 0 Å². The second kappa shape index (κ2) is 3.89. The third-order valence-electron chi connectivity index (χ3n) is 2.89. The van der Waals surface area contributed by atoms with Gasteiger partial charge >= 0.3 is 0 Å². The zero-order chi connectivity index (χ0) is 11.8. The van der Waals surface area contributed by atoms with Crippen LogP contribution in [0.5, 0.6) is 0 Å². The van der Waals surface area contributed by atoms with E-state index >= 15 is 0 Å². The van der Waals surface area contributed by atoms with Crippen LogP contribution in [0.25, 0.3) is 5.57 Å². The summed E-state index contributed by atoms with van der Waals surface area (Å²) < 4.78 is 11.6. The summed E-state index contributed by atoms with van der Waals surface area (Å²) in [5, 5.41) is 15.5. The summed E-state index contributed by atoms with van der Waals surface area (Å²) in [6, 6.07) is 9.71. The first kappa shape index (κ1) is 10.4. The van der Waals surface area contributed by atoms with Crippen LogP contribution in [-0.2, 0) is 10.8 Å². The van der Waals surface area contributed by atoms with Gasteiger partial charge in [-0.2, -0.15) is 0 Å². The van der Waals surface area contributed by atoms with Crippen LogP contribution in [0, 0.1) is 0 Å². The first-order chi connectivity index (χ1) is 8.27. The molecule has 2 aliphatic rings. The fraction of sp³-hybridized carbons (Fsp3) is 0.0769. The van der Waals surface area contributed by atoms with Crippen LogP contribution in [-0.4, -0.2) is 15.9 Å².